The van der Waals surface area contributed by atoms with Gasteiger partial charge in [0.25, 0.3) is 0 Å². The monoisotopic (exact) mass is 279 g/mol. The first-order chi connectivity index (χ1) is 8.66. The number of aryl methyl sites for hydroxylation is 2. The number of nitrogens with zero attached hydrogens (tertiary/aromatic N) is 1. The number of aromatic nitrogens is 1. The lowest BCUT2D eigenvalue weighted by atomic mass is 10.2. The Morgan fingerprint density at radius 2 is 2.11 bits per heavy atom. The Morgan fingerprint density at radius 1 is 1.39 bits per heavy atom. The van der Waals surface area contributed by atoms with Gasteiger partial charge in [-0.25, -0.2) is 9.78 Å². The number of benzene rings is 1. The highest BCUT2D eigenvalue weighted by Gasteiger charge is 2.04. The molecule has 0 atom stereocenters. The van der Waals surface area contributed by atoms with Gasteiger partial charge >= 0.3 is 5.97 Å². The molecule has 0 fully saturated rings. The van der Waals surface area contributed by atoms with E-state index >= 15 is 0 Å². The van der Waals surface area contributed by atoms with E-state index in [4.69, 9.17) is 5.11 Å². The van der Waals surface area contributed by atoms with Crippen LogP contribution in [0.1, 0.15) is 20.9 Å². The molecule has 3 nitrogen and oxygen atoms in total. The summed E-state index contributed by atoms with van der Waals surface area (Å²) in [6.45, 7) is 2.03. The van der Waals surface area contributed by atoms with Crippen LogP contribution in [-0.4, -0.2) is 21.8 Å². The van der Waals surface area contributed by atoms with Gasteiger partial charge in [-0.3, -0.25) is 0 Å². The third-order valence-corrected chi connectivity index (χ3v) is 4.55. The summed E-state index contributed by atoms with van der Waals surface area (Å²) in [5, 5.41) is 8.79. The van der Waals surface area contributed by atoms with Crippen molar-refractivity contribution in [1.29, 1.82) is 0 Å². The number of carboxylic acids is 1. The maximum absolute atomic E-state index is 10.7. The zero-order valence-corrected chi connectivity index (χ0v) is 11.6. The summed E-state index contributed by atoms with van der Waals surface area (Å²) in [7, 11) is 0. The maximum Gasteiger partial charge on any atom is 0.335 e. The minimum atomic E-state index is -0.883. The van der Waals surface area contributed by atoms with E-state index in [1.165, 1.54) is 4.88 Å². The van der Waals surface area contributed by atoms with Crippen LogP contribution >= 0.6 is 23.1 Å². The predicted molar refractivity (Wildman–Crippen MR) is 74.7 cm³/mol. The van der Waals surface area contributed by atoms with Gasteiger partial charge in [0.1, 0.15) is 0 Å². The molecule has 1 N–H and O–H groups in total. The standard InChI is InChI=1S/C13H13NO2S2/c1-9-12(18-8-14-9)6-7-17-11-4-2-10(3-5-11)13(15)16/h2-5,8H,6-7H2,1H3,(H,15,16). The molecule has 0 aliphatic rings. The molecule has 0 amide bonds. The molecule has 0 spiro atoms. The Kier molecular flexibility index (Phi) is 4.38. The van der Waals surface area contributed by atoms with Gasteiger partial charge in [0.05, 0.1) is 16.8 Å². The van der Waals surface area contributed by atoms with Gasteiger partial charge in [0, 0.05) is 15.5 Å². The number of aromatic carboxylic acids is 1. The van der Waals surface area contributed by atoms with Crippen LogP contribution in [0.5, 0.6) is 0 Å². The largest absolute Gasteiger partial charge is 0.478 e. The average Bonchev–Trinajstić information content (AvgIpc) is 2.76. The molecule has 0 saturated heterocycles. The number of carboxylic acid groups (broad SMARTS) is 1. The predicted octanol–water partition coefficient (Wildman–Crippen LogP) is 3.48. The molecule has 94 valence electrons. The van der Waals surface area contributed by atoms with Crippen molar-refractivity contribution in [3.05, 3.63) is 45.9 Å². The topological polar surface area (TPSA) is 50.2 Å². The van der Waals surface area contributed by atoms with E-state index in [9.17, 15) is 4.79 Å². The Labute approximate surface area is 114 Å². The van der Waals surface area contributed by atoms with Gasteiger partial charge < -0.3 is 5.11 Å². The summed E-state index contributed by atoms with van der Waals surface area (Å²) in [5.74, 6) is 0.0990. The molecular weight excluding hydrogens is 266 g/mol. The van der Waals surface area contributed by atoms with Gasteiger partial charge in [0.2, 0.25) is 0 Å². The number of hydrogen-bond acceptors (Lipinski definition) is 4. The zero-order chi connectivity index (χ0) is 13.0. The lowest BCUT2D eigenvalue weighted by Crippen LogP contribution is -1.95. The summed E-state index contributed by atoms with van der Waals surface area (Å²) in [6.07, 6.45) is 1.00. The molecule has 0 radical (unpaired) electrons. The third-order valence-electron chi connectivity index (χ3n) is 2.54. The minimum absolute atomic E-state index is 0.331. The molecule has 0 unspecified atom stereocenters. The molecular formula is C13H13NO2S2. The van der Waals surface area contributed by atoms with E-state index in [-0.39, 0.29) is 0 Å². The molecule has 0 saturated carbocycles. The number of thioether (sulfide) groups is 1. The van der Waals surface area contributed by atoms with Crippen LogP contribution < -0.4 is 0 Å². The third kappa shape index (κ3) is 3.34. The molecule has 1 aromatic heterocycles. The number of thiazole rings is 1. The van der Waals surface area contributed by atoms with Crippen LogP contribution in [-0.2, 0) is 6.42 Å². The minimum Gasteiger partial charge on any atom is -0.478 e. The molecule has 2 rings (SSSR count). The van der Waals surface area contributed by atoms with Crippen molar-refractivity contribution in [2.75, 3.05) is 5.75 Å². The average molecular weight is 279 g/mol. The first-order valence-corrected chi connectivity index (χ1v) is 7.38. The summed E-state index contributed by atoms with van der Waals surface area (Å²) in [6, 6.07) is 6.99. The molecule has 2 aromatic rings. The highest BCUT2D eigenvalue weighted by atomic mass is 32.2. The van der Waals surface area contributed by atoms with E-state index in [1.807, 2.05) is 24.6 Å². The van der Waals surface area contributed by atoms with Crippen LogP contribution in [0.4, 0.5) is 0 Å². The van der Waals surface area contributed by atoms with Crippen molar-refractivity contribution in [2.24, 2.45) is 0 Å². The van der Waals surface area contributed by atoms with Crippen molar-refractivity contribution in [3.63, 3.8) is 0 Å². The first-order valence-electron chi connectivity index (χ1n) is 5.52. The molecule has 0 aliphatic carbocycles. The smallest absolute Gasteiger partial charge is 0.335 e. The zero-order valence-electron chi connectivity index (χ0n) is 9.92. The van der Waals surface area contributed by atoms with Crippen molar-refractivity contribution >= 4 is 29.1 Å². The number of carbonyl (C=O) groups is 1. The van der Waals surface area contributed by atoms with Gasteiger partial charge in [-0.2, -0.15) is 0 Å². The molecule has 5 heteroatoms. The number of rotatable bonds is 5. The lowest BCUT2D eigenvalue weighted by molar-refractivity contribution is 0.0697. The van der Waals surface area contributed by atoms with E-state index in [0.717, 1.165) is 22.8 Å². The Hall–Kier alpha value is -1.33. The fourth-order valence-corrected chi connectivity index (χ4v) is 3.30. The Bertz CT molecular complexity index is 534. The Morgan fingerprint density at radius 3 is 2.67 bits per heavy atom. The molecule has 0 bridgehead atoms. The van der Waals surface area contributed by atoms with Crippen LogP contribution in [0.15, 0.2) is 34.7 Å². The van der Waals surface area contributed by atoms with Crippen molar-refractivity contribution in [1.82, 2.24) is 4.98 Å². The van der Waals surface area contributed by atoms with Gasteiger partial charge in [-0.1, -0.05) is 0 Å². The lowest BCUT2D eigenvalue weighted by Gasteiger charge is -2.02. The van der Waals surface area contributed by atoms with E-state index in [0.29, 0.717) is 5.56 Å². The second-order valence-corrected chi connectivity index (χ2v) is 5.90. The summed E-state index contributed by atoms with van der Waals surface area (Å²) in [4.78, 5) is 17.3. The highest BCUT2D eigenvalue weighted by Crippen LogP contribution is 2.21. The van der Waals surface area contributed by atoms with Gasteiger partial charge in [-0.05, 0) is 37.6 Å². The quantitative estimate of drug-likeness (QED) is 0.851. The SMILES string of the molecule is Cc1ncsc1CCSc1ccc(C(=O)O)cc1. The normalized spacial score (nSPS) is 10.5. The Balaban J connectivity index is 1.87. The van der Waals surface area contributed by atoms with Gasteiger partial charge in [0.15, 0.2) is 0 Å². The second-order valence-electron chi connectivity index (χ2n) is 3.79. The van der Waals surface area contributed by atoms with Crippen molar-refractivity contribution in [3.8, 4) is 0 Å². The van der Waals surface area contributed by atoms with Crippen LogP contribution in [0.2, 0.25) is 0 Å². The van der Waals surface area contributed by atoms with E-state index in [1.54, 1.807) is 35.2 Å². The summed E-state index contributed by atoms with van der Waals surface area (Å²) >= 11 is 3.42. The molecule has 0 aliphatic heterocycles. The molecule has 1 aromatic carbocycles. The van der Waals surface area contributed by atoms with E-state index in [2.05, 4.69) is 4.98 Å². The van der Waals surface area contributed by atoms with Crippen LogP contribution in [0.25, 0.3) is 0 Å². The molecule has 18 heavy (non-hydrogen) atoms. The second kappa shape index (κ2) is 6.02. The first kappa shape index (κ1) is 13.1. The fourth-order valence-electron chi connectivity index (χ4n) is 1.52. The number of hydrogen-bond donors (Lipinski definition) is 1. The summed E-state index contributed by atoms with van der Waals surface area (Å²) < 4.78 is 0. The van der Waals surface area contributed by atoms with Gasteiger partial charge in [-0.15, -0.1) is 23.1 Å². The highest BCUT2D eigenvalue weighted by molar-refractivity contribution is 7.99. The fraction of sp³-hybridized carbons (Fsp3) is 0.231. The maximum atomic E-state index is 10.7. The van der Waals surface area contributed by atoms with Crippen molar-refractivity contribution in [2.45, 2.75) is 18.2 Å². The van der Waals surface area contributed by atoms with Crippen LogP contribution in [0.3, 0.4) is 0 Å². The van der Waals surface area contributed by atoms with Crippen molar-refractivity contribution < 1.29 is 9.90 Å². The van der Waals surface area contributed by atoms with E-state index < -0.39 is 5.97 Å². The molecule has 1 heterocycles. The van der Waals surface area contributed by atoms with Crippen LogP contribution in [0, 0.1) is 6.92 Å². The summed E-state index contributed by atoms with van der Waals surface area (Å²) in [5.41, 5.74) is 3.32.